The van der Waals surface area contributed by atoms with Crippen LogP contribution in [-0.2, 0) is 33.9 Å². The second-order valence-electron chi connectivity index (χ2n) is 6.65. The highest BCUT2D eigenvalue weighted by atomic mass is 16.7. The van der Waals surface area contributed by atoms with E-state index in [1.807, 2.05) is 42.5 Å². The Morgan fingerprint density at radius 3 is 2.42 bits per heavy atom. The summed E-state index contributed by atoms with van der Waals surface area (Å²) in [6.07, 6.45) is 2.41. The highest BCUT2D eigenvalue weighted by Gasteiger charge is 2.53. The number of imide groups is 1. The van der Waals surface area contributed by atoms with Gasteiger partial charge in [-0.1, -0.05) is 54.6 Å². The number of fused-ring (bicyclic) bond motifs is 1. The molecule has 0 bridgehead atoms. The lowest BCUT2D eigenvalue weighted by atomic mass is 9.70. The summed E-state index contributed by atoms with van der Waals surface area (Å²) in [5.41, 5.74) is 2.78. The summed E-state index contributed by atoms with van der Waals surface area (Å²) in [6.45, 7) is 0.227. The van der Waals surface area contributed by atoms with E-state index in [9.17, 15) is 9.59 Å². The molecular weight excluding hydrogens is 302 g/mol. The maximum absolute atomic E-state index is 12.9. The molecule has 2 aromatic carbocycles. The van der Waals surface area contributed by atoms with E-state index in [0.29, 0.717) is 12.8 Å². The maximum atomic E-state index is 12.9. The van der Waals surface area contributed by atoms with E-state index >= 15 is 0 Å². The Hall–Kier alpha value is -2.46. The Labute approximate surface area is 141 Å². The summed E-state index contributed by atoms with van der Waals surface area (Å²) in [7, 11) is 0. The summed E-state index contributed by atoms with van der Waals surface area (Å²) in [6, 6.07) is 17.7. The Balaban J connectivity index is 1.52. The number of nitrogens with zero attached hydrogens (tertiary/aromatic N) is 1. The van der Waals surface area contributed by atoms with Gasteiger partial charge in [0.05, 0.1) is 5.41 Å². The van der Waals surface area contributed by atoms with Crippen molar-refractivity contribution in [2.75, 3.05) is 0 Å². The van der Waals surface area contributed by atoms with Gasteiger partial charge in [-0.3, -0.25) is 14.4 Å². The molecule has 2 aromatic rings. The quantitative estimate of drug-likeness (QED) is 0.816. The Morgan fingerprint density at radius 1 is 0.917 bits per heavy atom. The molecule has 1 spiro atoms. The number of rotatable bonds is 3. The summed E-state index contributed by atoms with van der Waals surface area (Å²) >= 11 is 0. The van der Waals surface area contributed by atoms with Crippen LogP contribution in [0.4, 0.5) is 0 Å². The number of carbonyl (C=O) groups excluding carboxylic acids is 2. The molecule has 1 heterocycles. The standard InChI is InChI=1S/C20H19NO3/c22-18-13-20(11-10-16-8-4-5-9-17(16)12-20)19(23)21(18)24-14-15-6-2-1-3-7-15/h1-9H,10-14H2. The van der Waals surface area contributed by atoms with E-state index in [-0.39, 0.29) is 24.8 Å². The van der Waals surface area contributed by atoms with Gasteiger partial charge in [0.15, 0.2) is 0 Å². The third kappa shape index (κ3) is 2.53. The van der Waals surface area contributed by atoms with Crippen LogP contribution in [0.1, 0.15) is 29.5 Å². The van der Waals surface area contributed by atoms with Crippen LogP contribution in [0.15, 0.2) is 54.6 Å². The molecule has 4 heteroatoms. The molecule has 4 nitrogen and oxygen atoms in total. The van der Waals surface area contributed by atoms with Crippen LogP contribution >= 0.6 is 0 Å². The number of amides is 2. The van der Waals surface area contributed by atoms with Crippen molar-refractivity contribution in [2.24, 2.45) is 5.41 Å². The van der Waals surface area contributed by atoms with Gasteiger partial charge >= 0.3 is 0 Å². The van der Waals surface area contributed by atoms with Crippen molar-refractivity contribution < 1.29 is 14.4 Å². The predicted octanol–water partition coefficient (Wildman–Crippen LogP) is 3.05. The number of hydrogen-bond acceptors (Lipinski definition) is 3. The summed E-state index contributed by atoms with van der Waals surface area (Å²) in [5, 5.41) is 1.00. The monoisotopic (exact) mass is 321 g/mol. The Kier molecular flexibility index (Phi) is 3.69. The van der Waals surface area contributed by atoms with Gasteiger partial charge in [-0.15, -0.1) is 0 Å². The Bertz CT molecular complexity index is 786. The minimum Gasteiger partial charge on any atom is -0.272 e. The average Bonchev–Trinajstić information content (AvgIpc) is 2.84. The summed E-state index contributed by atoms with van der Waals surface area (Å²) < 4.78 is 0. The van der Waals surface area contributed by atoms with E-state index in [1.165, 1.54) is 11.1 Å². The number of aryl methyl sites for hydroxylation is 1. The van der Waals surface area contributed by atoms with Gasteiger partial charge in [0, 0.05) is 6.42 Å². The fraction of sp³-hybridized carbons (Fsp3) is 0.300. The van der Waals surface area contributed by atoms with Crippen molar-refractivity contribution in [3.05, 3.63) is 71.3 Å². The third-order valence-corrected chi connectivity index (χ3v) is 5.08. The van der Waals surface area contributed by atoms with Crippen LogP contribution < -0.4 is 0 Å². The number of benzene rings is 2. The molecule has 122 valence electrons. The normalized spacial score (nSPS) is 22.9. The molecule has 1 atom stereocenters. The van der Waals surface area contributed by atoms with Crippen LogP contribution in [0.3, 0.4) is 0 Å². The molecule has 0 saturated carbocycles. The molecule has 2 amide bonds. The molecule has 1 fully saturated rings. The second kappa shape index (κ2) is 5.87. The van der Waals surface area contributed by atoms with Crippen molar-refractivity contribution in [3.8, 4) is 0 Å². The van der Waals surface area contributed by atoms with Gasteiger partial charge in [0.2, 0.25) is 0 Å². The lowest BCUT2D eigenvalue weighted by Gasteiger charge is -2.31. The van der Waals surface area contributed by atoms with E-state index in [0.717, 1.165) is 17.0 Å². The van der Waals surface area contributed by atoms with Gasteiger partial charge in [-0.05, 0) is 36.0 Å². The smallest absolute Gasteiger partial charge is 0.260 e. The first-order chi connectivity index (χ1) is 11.7. The van der Waals surface area contributed by atoms with Gasteiger partial charge < -0.3 is 0 Å². The van der Waals surface area contributed by atoms with E-state index in [1.54, 1.807) is 0 Å². The van der Waals surface area contributed by atoms with Gasteiger partial charge in [0.25, 0.3) is 11.8 Å². The first-order valence-electron chi connectivity index (χ1n) is 8.29. The molecular formula is C20H19NO3. The zero-order valence-corrected chi connectivity index (χ0v) is 13.4. The fourth-order valence-corrected chi connectivity index (χ4v) is 3.74. The topological polar surface area (TPSA) is 46.6 Å². The molecule has 0 aromatic heterocycles. The minimum atomic E-state index is -0.623. The largest absolute Gasteiger partial charge is 0.272 e. The molecule has 0 radical (unpaired) electrons. The van der Waals surface area contributed by atoms with E-state index < -0.39 is 5.41 Å². The maximum Gasteiger partial charge on any atom is 0.260 e. The van der Waals surface area contributed by atoms with Crippen molar-refractivity contribution in [1.29, 1.82) is 0 Å². The predicted molar refractivity (Wildman–Crippen MR) is 88.6 cm³/mol. The average molecular weight is 321 g/mol. The number of hydroxylamine groups is 2. The van der Waals surface area contributed by atoms with Crippen LogP contribution in [0.25, 0.3) is 0 Å². The first kappa shape index (κ1) is 15.1. The molecule has 1 aliphatic heterocycles. The molecule has 1 unspecified atom stereocenters. The van der Waals surface area contributed by atoms with Crippen molar-refractivity contribution in [1.82, 2.24) is 5.06 Å². The Morgan fingerprint density at radius 2 is 1.62 bits per heavy atom. The van der Waals surface area contributed by atoms with Crippen molar-refractivity contribution >= 4 is 11.8 Å². The highest BCUT2D eigenvalue weighted by Crippen LogP contribution is 2.44. The molecule has 0 N–H and O–H groups in total. The van der Waals surface area contributed by atoms with Crippen LogP contribution in [-0.4, -0.2) is 16.9 Å². The third-order valence-electron chi connectivity index (χ3n) is 5.08. The first-order valence-corrected chi connectivity index (χ1v) is 8.29. The van der Waals surface area contributed by atoms with Crippen LogP contribution in [0, 0.1) is 5.41 Å². The molecule has 1 saturated heterocycles. The molecule has 2 aliphatic rings. The van der Waals surface area contributed by atoms with E-state index in [4.69, 9.17) is 4.84 Å². The molecule has 1 aliphatic carbocycles. The van der Waals surface area contributed by atoms with E-state index in [2.05, 4.69) is 12.1 Å². The van der Waals surface area contributed by atoms with Gasteiger partial charge in [-0.2, -0.15) is 5.06 Å². The molecule has 24 heavy (non-hydrogen) atoms. The van der Waals surface area contributed by atoms with Crippen LogP contribution in [0.2, 0.25) is 0 Å². The highest BCUT2D eigenvalue weighted by molar-refractivity contribution is 6.05. The minimum absolute atomic E-state index is 0.182. The summed E-state index contributed by atoms with van der Waals surface area (Å²) in [5.74, 6) is -0.409. The van der Waals surface area contributed by atoms with Crippen molar-refractivity contribution in [2.45, 2.75) is 32.3 Å². The SMILES string of the molecule is O=C1CC2(CCc3ccccc3C2)C(=O)N1OCc1ccccc1. The van der Waals surface area contributed by atoms with Crippen molar-refractivity contribution in [3.63, 3.8) is 0 Å². The second-order valence-corrected chi connectivity index (χ2v) is 6.65. The number of carbonyl (C=O) groups is 2. The lowest BCUT2D eigenvalue weighted by molar-refractivity contribution is -0.194. The van der Waals surface area contributed by atoms with Gasteiger partial charge in [-0.25, -0.2) is 0 Å². The lowest BCUT2D eigenvalue weighted by Crippen LogP contribution is -2.39. The fourth-order valence-electron chi connectivity index (χ4n) is 3.74. The summed E-state index contributed by atoms with van der Waals surface area (Å²) in [4.78, 5) is 30.8. The zero-order valence-electron chi connectivity index (χ0n) is 13.4. The zero-order chi connectivity index (χ0) is 16.6. The molecule has 4 rings (SSSR count). The van der Waals surface area contributed by atoms with Gasteiger partial charge in [0.1, 0.15) is 6.61 Å². The number of hydrogen-bond donors (Lipinski definition) is 0. The van der Waals surface area contributed by atoms with Crippen LogP contribution in [0.5, 0.6) is 0 Å².